The number of guanidine groups is 1. The fourth-order valence-corrected chi connectivity index (χ4v) is 5.62. The Balaban J connectivity index is 0.00000168. The molecule has 3 unspecified atom stereocenters. The van der Waals surface area contributed by atoms with Gasteiger partial charge in [-0.3, -0.25) is 9.79 Å². The number of aliphatic imine (C=N–C) groups is 1. The third-order valence-corrected chi connectivity index (χ3v) is 7.17. The number of rotatable bonds is 3. The molecular formula is C19H31IN4O2. The van der Waals surface area contributed by atoms with Gasteiger partial charge in [0.2, 0.25) is 5.91 Å². The Kier molecular flexibility index (Phi) is 5.14. The standard InChI is InChI=1S/C19H30N4O2.HI/c1-2-20-18(22-9-10-23(13-4-5-13)15(24)12-22)21-16-14-6-11-25-17(14)19(16)7-3-8-19;/h13-14,16-17H,2-12H2,1H3,(H,20,21);1H. The highest BCUT2D eigenvalue weighted by Gasteiger charge is 2.67. The highest BCUT2D eigenvalue weighted by Crippen LogP contribution is 2.62. The molecule has 7 heteroatoms. The average Bonchev–Trinajstić information content (AvgIpc) is 3.30. The van der Waals surface area contributed by atoms with E-state index in [1.54, 1.807) is 0 Å². The molecule has 1 N–H and O–H groups in total. The van der Waals surface area contributed by atoms with E-state index >= 15 is 0 Å². The molecule has 146 valence electrons. The summed E-state index contributed by atoms with van der Waals surface area (Å²) in [6, 6.07) is 1.01. The van der Waals surface area contributed by atoms with Gasteiger partial charge in [0.1, 0.15) is 0 Å². The van der Waals surface area contributed by atoms with Crippen molar-refractivity contribution < 1.29 is 9.53 Å². The van der Waals surface area contributed by atoms with Crippen LogP contribution in [-0.4, -0.2) is 72.6 Å². The summed E-state index contributed by atoms with van der Waals surface area (Å²) in [6.45, 7) is 5.97. The fourth-order valence-electron chi connectivity index (χ4n) is 5.62. The van der Waals surface area contributed by atoms with Crippen molar-refractivity contribution in [2.75, 3.05) is 32.8 Å². The Labute approximate surface area is 173 Å². The van der Waals surface area contributed by atoms with Gasteiger partial charge in [0.15, 0.2) is 5.96 Å². The third kappa shape index (κ3) is 2.84. The van der Waals surface area contributed by atoms with E-state index < -0.39 is 0 Å². The Morgan fingerprint density at radius 1 is 1.31 bits per heavy atom. The molecule has 5 rings (SSSR count). The molecule has 0 aromatic heterocycles. The lowest BCUT2D eigenvalue weighted by molar-refractivity contribution is -0.171. The zero-order valence-corrected chi connectivity index (χ0v) is 18.0. The normalized spacial score (nSPS) is 35.5. The maximum atomic E-state index is 12.5. The van der Waals surface area contributed by atoms with E-state index in [4.69, 9.17) is 9.73 Å². The number of halogens is 1. The van der Waals surface area contributed by atoms with E-state index in [-0.39, 0.29) is 29.9 Å². The van der Waals surface area contributed by atoms with E-state index in [0.29, 0.717) is 36.1 Å². The van der Waals surface area contributed by atoms with Crippen LogP contribution in [0.2, 0.25) is 0 Å². The lowest BCUT2D eigenvalue weighted by Gasteiger charge is -2.63. The summed E-state index contributed by atoms with van der Waals surface area (Å²) in [7, 11) is 0. The lowest BCUT2D eigenvalue weighted by atomic mass is 9.46. The Morgan fingerprint density at radius 3 is 2.73 bits per heavy atom. The van der Waals surface area contributed by atoms with Crippen molar-refractivity contribution in [3.8, 4) is 0 Å². The summed E-state index contributed by atoms with van der Waals surface area (Å²) in [6.07, 6.45) is 7.89. The topological polar surface area (TPSA) is 57.2 Å². The minimum Gasteiger partial charge on any atom is -0.377 e. The van der Waals surface area contributed by atoms with Gasteiger partial charge >= 0.3 is 0 Å². The van der Waals surface area contributed by atoms with Crippen molar-refractivity contribution in [3.63, 3.8) is 0 Å². The van der Waals surface area contributed by atoms with Crippen LogP contribution in [0.25, 0.3) is 0 Å². The predicted molar refractivity (Wildman–Crippen MR) is 111 cm³/mol. The van der Waals surface area contributed by atoms with Gasteiger partial charge in [0.05, 0.1) is 12.6 Å². The van der Waals surface area contributed by atoms with Crippen LogP contribution in [0.3, 0.4) is 0 Å². The number of hydrogen-bond acceptors (Lipinski definition) is 3. The molecule has 3 saturated carbocycles. The van der Waals surface area contributed by atoms with Gasteiger partial charge in [-0.05, 0) is 39.0 Å². The largest absolute Gasteiger partial charge is 0.377 e. The lowest BCUT2D eigenvalue weighted by Crippen LogP contribution is -2.73. The molecule has 5 fully saturated rings. The first-order chi connectivity index (χ1) is 12.2. The molecule has 5 aliphatic rings. The molecule has 0 radical (unpaired) electrons. The van der Waals surface area contributed by atoms with Gasteiger partial charge in [-0.2, -0.15) is 0 Å². The molecule has 6 nitrogen and oxygen atoms in total. The minimum absolute atomic E-state index is 0. The zero-order valence-electron chi connectivity index (χ0n) is 15.7. The molecule has 0 aromatic rings. The highest BCUT2D eigenvalue weighted by molar-refractivity contribution is 14.0. The molecule has 3 atom stereocenters. The van der Waals surface area contributed by atoms with Crippen LogP contribution < -0.4 is 5.32 Å². The maximum absolute atomic E-state index is 12.5. The molecule has 3 aliphatic carbocycles. The highest BCUT2D eigenvalue weighted by atomic mass is 127. The maximum Gasteiger partial charge on any atom is 0.242 e. The molecule has 2 aliphatic heterocycles. The van der Waals surface area contributed by atoms with Gasteiger partial charge < -0.3 is 19.9 Å². The van der Waals surface area contributed by atoms with Gasteiger partial charge in [-0.1, -0.05) is 6.42 Å². The molecule has 1 amide bonds. The smallest absolute Gasteiger partial charge is 0.242 e. The number of nitrogens with zero attached hydrogens (tertiary/aromatic N) is 3. The predicted octanol–water partition coefficient (Wildman–Crippen LogP) is 1.83. The van der Waals surface area contributed by atoms with E-state index in [1.807, 2.05) is 0 Å². The molecule has 2 saturated heterocycles. The van der Waals surface area contributed by atoms with Crippen LogP contribution in [0.15, 0.2) is 4.99 Å². The average molecular weight is 474 g/mol. The third-order valence-electron chi connectivity index (χ3n) is 7.17. The van der Waals surface area contributed by atoms with E-state index in [1.165, 1.54) is 32.1 Å². The van der Waals surface area contributed by atoms with Gasteiger partial charge in [0.25, 0.3) is 0 Å². The van der Waals surface area contributed by atoms with Crippen molar-refractivity contribution >= 4 is 35.8 Å². The van der Waals surface area contributed by atoms with Crippen molar-refractivity contribution in [2.45, 2.75) is 63.6 Å². The van der Waals surface area contributed by atoms with Crippen LogP contribution in [0.5, 0.6) is 0 Å². The summed E-state index contributed by atoms with van der Waals surface area (Å²) in [5.41, 5.74) is 0.343. The fraction of sp³-hybridized carbons (Fsp3) is 0.895. The second-order valence-corrected chi connectivity index (χ2v) is 8.49. The number of hydrogen-bond donors (Lipinski definition) is 1. The first-order valence-corrected chi connectivity index (χ1v) is 10.2. The van der Waals surface area contributed by atoms with Crippen LogP contribution in [-0.2, 0) is 9.53 Å². The number of carbonyl (C=O) groups is 1. The molecular weight excluding hydrogens is 443 g/mol. The summed E-state index contributed by atoms with van der Waals surface area (Å²) in [4.78, 5) is 21.5. The molecule has 1 spiro atoms. The van der Waals surface area contributed by atoms with Crippen LogP contribution in [0, 0.1) is 11.3 Å². The molecule has 0 aromatic carbocycles. The quantitative estimate of drug-likeness (QED) is 0.386. The summed E-state index contributed by atoms with van der Waals surface area (Å²) in [5, 5.41) is 3.79. The van der Waals surface area contributed by atoms with Crippen molar-refractivity contribution in [3.05, 3.63) is 0 Å². The zero-order chi connectivity index (χ0) is 17.0. The Hall–Kier alpha value is -0.570. The van der Waals surface area contributed by atoms with Crippen molar-refractivity contribution in [1.29, 1.82) is 0 Å². The van der Waals surface area contributed by atoms with E-state index in [2.05, 4.69) is 22.0 Å². The second-order valence-electron chi connectivity index (χ2n) is 8.49. The van der Waals surface area contributed by atoms with Gasteiger partial charge in [-0.25, -0.2) is 0 Å². The Morgan fingerprint density at radius 2 is 2.12 bits per heavy atom. The number of amides is 1. The second kappa shape index (κ2) is 7.11. The van der Waals surface area contributed by atoms with E-state index in [0.717, 1.165) is 38.6 Å². The van der Waals surface area contributed by atoms with Crippen LogP contribution >= 0.6 is 24.0 Å². The van der Waals surface area contributed by atoms with Crippen LogP contribution in [0.4, 0.5) is 0 Å². The number of piperazine rings is 1. The Bertz CT molecular complexity index is 590. The minimum atomic E-state index is 0. The summed E-state index contributed by atoms with van der Waals surface area (Å²) in [5.74, 6) is 1.85. The first-order valence-electron chi connectivity index (χ1n) is 10.2. The molecule has 0 bridgehead atoms. The van der Waals surface area contributed by atoms with Gasteiger partial charge in [-0.15, -0.1) is 24.0 Å². The summed E-state index contributed by atoms with van der Waals surface area (Å²) >= 11 is 0. The van der Waals surface area contributed by atoms with Crippen molar-refractivity contribution in [2.24, 2.45) is 16.3 Å². The molecule has 2 heterocycles. The number of nitrogens with one attached hydrogen (secondary N) is 1. The summed E-state index contributed by atoms with van der Waals surface area (Å²) < 4.78 is 6.04. The van der Waals surface area contributed by atoms with Crippen molar-refractivity contribution in [1.82, 2.24) is 15.1 Å². The number of fused-ring (bicyclic) bond motifs is 2. The SMILES string of the molecule is CCN=C(NC1C2CCOC2C12CCC2)N1CCN(C2CC2)C(=O)C1.I. The van der Waals surface area contributed by atoms with Gasteiger partial charge in [0, 0.05) is 49.7 Å². The van der Waals surface area contributed by atoms with E-state index in [9.17, 15) is 4.79 Å². The molecule has 26 heavy (non-hydrogen) atoms. The number of ether oxygens (including phenoxy) is 1. The first kappa shape index (κ1) is 18.8. The van der Waals surface area contributed by atoms with Crippen LogP contribution in [0.1, 0.15) is 45.4 Å². The monoisotopic (exact) mass is 474 g/mol. The number of carbonyl (C=O) groups excluding carboxylic acids is 1.